The third-order valence-corrected chi connectivity index (χ3v) is 5.40. The van der Waals surface area contributed by atoms with E-state index in [0.29, 0.717) is 12.8 Å². The molecule has 12 nitrogen and oxygen atoms in total. The topological polar surface area (TPSA) is 189 Å². The minimum absolute atomic E-state index is 0.0667. The Morgan fingerprint density at radius 3 is 2.18 bits per heavy atom. The Kier molecular flexibility index (Phi) is 11.1. The van der Waals surface area contributed by atoms with E-state index in [9.17, 15) is 34.2 Å². The molecule has 0 radical (unpaired) electrons. The van der Waals surface area contributed by atoms with E-state index < -0.39 is 66.4 Å². The SMILES string of the molecule is CCOC(=O)C1=C[C@@H](OC(CC)CC)[C@H](NC(C)=O)[C@@H](NC(=O)C[C@@](O)(CC(=O)O)C(=O)O)C1. The largest absolute Gasteiger partial charge is 0.481 e. The molecule has 192 valence electrons. The summed E-state index contributed by atoms with van der Waals surface area (Å²) in [5.74, 6) is -5.50. The van der Waals surface area contributed by atoms with E-state index in [1.807, 2.05) is 13.8 Å². The van der Waals surface area contributed by atoms with Gasteiger partial charge in [0.05, 0.1) is 43.7 Å². The lowest BCUT2D eigenvalue weighted by Crippen LogP contribution is -2.60. The van der Waals surface area contributed by atoms with Gasteiger partial charge in [0.25, 0.3) is 0 Å². The molecule has 0 heterocycles. The average Bonchev–Trinajstić information content (AvgIpc) is 2.72. The number of aliphatic carboxylic acids is 2. The maximum atomic E-state index is 12.7. The van der Waals surface area contributed by atoms with Gasteiger partial charge >= 0.3 is 17.9 Å². The Labute approximate surface area is 197 Å². The molecule has 5 N–H and O–H groups in total. The second-order valence-electron chi connectivity index (χ2n) is 8.14. The fraction of sp³-hybridized carbons (Fsp3) is 0.682. The fourth-order valence-electron chi connectivity index (χ4n) is 3.71. The standard InChI is InChI=1S/C22H34N2O10/c1-5-14(6-2)34-16-9-13(20(29)33-7-3)8-15(19(16)23-12(4)25)24-17(26)10-22(32,21(30)31)11-18(27)28/h9,14-16,19,32H,5-8,10-11H2,1-4H3,(H,23,25)(H,24,26)(H,27,28)(H,30,31)/t15-,16+,19+,22+/m0/s1. The maximum absolute atomic E-state index is 12.7. The van der Waals surface area contributed by atoms with Crippen LogP contribution in [0.2, 0.25) is 0 Å². The number of hydrogen-bond donors (Lipinski definition) is 5. The Morgan fingerprint density at radius 2 is 1.71 bits per heavy atom. The van der Waals surface area contributed by atoms with Gasteiger partial charge in [-0.2, -0.15) is 0 Å². The molecule has 1 aliphatic rings. The molecular formula is C22H34N2O10. The van der Waals surface area contributed by atoms with Gasteiger partial charge in [-0.25, -0.2) is 9.59 Å². The van der Waals surface area contributed by atoms with E-state index in [-0.39, 0.29) is 24.7 Å². The van der Waals surface area contributed by atoms with Gasteiger partial charge in [-0.05, 0) is 25.8 Å². The quantitative estimate of drug-likeness (QED) is 0.224. The second kappa shape index (κ2) is 13.0. The van der Waals surface area contributed by atoms with E-state index in [0.717, 1.165) is 0 Å². The monoisotopic (exact) mass is 486 g/mol. The van der Waals surface area contributed by atoms with Gasteiger partial charge in [-0.1, -0.05) is 13.8 Å². The van der Waals surface area contributed by atoms with Crippen molar-refractivity contribution in [2.45, 2.75) is 89.7 Å². The van der Waals surface area contributed by atoms with Crippen LogP contribution in [0.4, 0.5) is 0 Å². The number of carboxylic acid groups (broad SMARTS) is 2. The van der Waals surface area contributed by atoms with E-state index in [1.165, 1.54) is 13.0 Å². The van der Waals surface area contributed by atoms with Gasteiger partial charge < -0.3 is 35.4 Å². The lowest BCUT2D eigenvalue weighted by Gasteiger charge is -2.39. The number of rotatable bonds is 13. The summed E-state index contributed by atoms with van der Waals surface area (Å²) in [6.45, 7) is 6.84. The van der Waals surface area contributed by atoms with Crippen molar-refractivity contribution in [2.24, 2.45) is 0 Å². The van der Waals surface area contributed by atoms with Crippen LogP contribution < -0.4 is 10.6 Å². The predicted octanol–water partition coefficient (Wildman–Crippen LogP) is 0.123. The number of ether oxygens (including phenoxy) is 2. The van der Waals surface area contributed by atoms with Gasteiger partial charge in [0.15, 0.2) is 5.60 Å². The molecule has 0 aromatic carbocycles. The lowest BCUT2D eigenvalue weighted by atomic mass is 9.86. The van der Waals surface area contributed by atoms with Crippen LogP contribution >= 0.6 is 0 Å². The molecule has 0 bridgehead atoms. The highest BCUT2D eigenvalue weighted by atomic mass is 16.5. The third kappa shape index (κ3) is 8.41. The summed E-state index contributed by atoms with van der Waals surface area (Å²) in [4.78, 5) is 59.4. The molecule has 12 heteroatoms. The van der Waals surface area contributed by atoms with E-state index >= 15 is 0 Å². The van der Waals surface area contributed by atoms with Crippen LogP contribution in [0.3, 0.4) is 0 Å². The van der Waals surface area contributed by atoms with Gasteiger partial charge in [-0.15, -0.1) is 0 Å². The molecule has 0 saturated carbocycles. The molecule has 0 saturated heterocycles. The number of hydrogen-bond acceptors (Lipinski definition) is 8. The number of amides is 2. The molecule has 0 aromatic heterocycles. The zero-order chi connectivity index (χ0) is 26.1. The van der Waals surface area contributed by atoms with E-state index in [2.05, 4.69) is 10.6 Å². The minimum atomic E-state index is -2.83. The summed E-state index contributed by atoms with van der Waals surface area (Å²) in [7, 11) is 0. The number of carbonyl (C=O) groups excluding carboxylic acids is 3. The first-order chi connectivity index (χ1) is 15.9. The summed E-state index contributed by atoms with van der Waals surface area (Å²) in [5, 5.41) is 33.6. The van der Waals surface area contributed by atoms with Crippen LogP contribution in [0.25, 0.3) is 0 Å². The third-order valence-electron chi connectivity index (χ3n) is 5.40. The highest BCUT2D eigenvalue weighted by Gasteiger charge is 2.43. The van der Waals surface area contributed by atoms with E-state index in [1.54, 1.807) is 6.92 Å². The summed E-state index contributed by atoms with van der Waals surface area (Å²) in [6.07, 6.45) is -0.480. The van der Waals surface area contributed by atoms with Crippen LogP contribution in [-0.2, 0) is 33.4 Å². The zero-order valence-corrected chi connectivity index (χ0v) is 19.8. The van der Waals surface area contributed by atoms with Gasteiger partial charge in [0.1, 0.15) is 0 Å². The second-order valence-corrected chi connectivity index (χ2v) is 8.14. The number of carboxylic acids is 2. The Morgan fingerprint density at radius 1 is 1.09 bits per heavy atom. The first-order valence-corrected chi connectivity index (χ1v) is 11.1. The minimum Gasteiger partial charge on any atom is -0.481 e. The molecule has 0 spiro atoms. The van der Waals surface area contributed by atoms with Crippen molar-refractivity contribution in [3.8, 4) is 0 Å². The van der Waals surface area contributed by atoms with Crippen molar-refractivity contribution < 1.29 is 48.8 Å². The van der Waals surface area contributed by atoms with Crippen LogP contribution in [0, 0.1) is 0 Å². The first kappa shape index (κ1) is 29.0. The summed E-state index contributed by atoms with van der Waals surface area (Å²) in [5.41, 5.74) is -2.64. The summed E-state index contributed by atoms with van der Waals surface area (Å²) in [6, 6.07) is -1.75. The smallest absolute Gasteiger partial charge is 0.336 e. The van der Waals surface area contributed by atoms with Crippen LogP contribution in [0.1, 0.15) is 59.8 Å². The number of esters is 1. The first-order valence-electron chi connectivity index (χ1n) is 11.1. The molecule has 1 rings (SSSR count). The molecule has 34 heavy (non-hydrogen) atoms. The van der Waals surface area contributed by atoms with Gasteiger partial charge in [0.2, 0.25) is 11.8 Å². The average molecular weight is 487 g/mol. The normalized spacial score (nSPS) is 21.7. The zero-order valence-electron chi connectivity index (χ0n) is 19.8. The van der Waals surface area contributed by atoms with Gasteiger partial charge in [-0.3, -0.25) is 14.4 Å². The van der Waals surface area contributed by atoms with E-state index in [4.69, 9.17) is 14.6 Å². The molecular weight excluding hydrogens is 452 g/mol. The fourth-order valence-corrected chi connectivity index (χ4v) is 3.71. The van der Waals surface area contributed by atoms with Crippen molar-refractivity contribution in [2.75, 3.05) is 6.61 Å². The molecule has 1 aliphatic carbocycles. The highest BCUT2D eigenvalue weighted by molar-refractivity contribution is 5.91. The van der Waals surface area contributed by atoms with Gasteiger partial charge in [0, 0.05) is 18.9 Å². The molecule has 0 aromatic rings. The molecule has 2 amide bonds. The number of aliphatic hydroxyl groups is 1. The summed E-state index contributed by atoms with van der Waals surface area (Å²) >= 11 is 0. The van der Waals surface area contributed by atoms with Crippen LogP contribution in [0.5, 0.6) is 0 Å². The molecule has 0 aliphatic heterocycles. The molecule has 0 unspecified atom stereocenters. The van der Waals surface area contributed by atoms with Crippen LogP contribution in [-0.4, -0.2) is 81.5 Å². The number of carbonyl (C=O) groups is 5. The Bertz CT molecular complexity index is 808. The molecule has 0 fully saturated rings. The van der Waals surface area contributed by atoms with Crippen molar-refractivity contribution >= 4 is 29.7 Å². The summed E-state index contributed by atoms with van der Waals surface area (Å²) < 4.78 is 11.2. The van der Waals surface area contributed by atoms with Crippen LogP contribution in [0.15, 0.2) is 11.6 Å². The Hall–Kier alpha value is -2.99. The van der Waals surface area contributed by atoms with Crippen molar-refractivity contribution in [3.63, 3.8) is 0 Å². The maximum Gasteiger partial charge on any atom is 0.336 e. The highest BCUT2D eigenvalue weighted by Crippen LogP contribution is 2.26. The van der Waals surface area contributed by atoms with Crippen molar-refractivity contribution in [3.05, 3.63) is 11.6 Å². The van der Waals surface area contributed by atoms with Crippen molar-refractivity contribution in [1.82, 2.24) is 10.6 Å². The molecule has 4 atom stereocenters. The number of nitrogens with one attached hydrogen (secondary N) is 2. The Balaban J connectivity index is 3.27. The van der Waals surface area contributed by atoms with Crippen molar-refractivity contribution in [1.29, 1.82) is 0 Å². The lowest BCUT2D eigenvalue weighted by molar-refractivity contribution is -0.167. The predicted molar refractivity (Wildman–Crippen MR) is 118 cm³/mol.